The van der Waals surface area contributed by atoms with Crippen molar-refractivity contribution in [2.24, 2.45) is 5.73 Å². The minimum absolute atomic E-state index is 0.167. The van der Waals surface area contributed by atoms with E-state index in [2.05, 4.69) is 12.1 Å². The number of anilines is 1. The van der Waals surface area contributed by atoms with Gasteiger partial charge < -0.3 is 10.6 Å². The van der Waals surface area contributed by atoms with Crippen LogP contribution in [-0.4, -0.2) is 18.5 Å². The molecule has 0 spiro atoms. The lowest BCUT2D eigenvalue weighted by atomic mass is 9.99. The van der Waals surface area contributed by atoms with Crippen LogP contribution in [0.4, 0.5) is 5.69 Å². The normalized spacial score (nSPS) is 14.5. The van der Waals surface area contributed by atoms with Gasteiger partial charge in [0.25, 0.3) is 0 Å². The molecule has 0 aromatic heterocycles. The van der Waals surface area contributed by atoms with E-state index in [1.54, 1.807) is 0 Å². The molecular formula is C19H19N3O. The van der Waals surface area contributed by atoms with Crippen molar-refractivity contribution in [2.45, 2.75) is 25.8 Å². The van der Waals surface area contributed by atoms with Crippen molar-refractivity contribution in [2.75, 3.05) is 11.4 Å². The van der Waals surface area contributed by atoms with Crippen LogP contribution in [0.15, 0.2) is 42.5 Å². The van der Waals surface area contributed by atoms with E-state index >= 15 is 0 Å². The summed E-state index contributed by atoms with van der Waals surface area (Å²) in [5, 5.41) is 8.78. The van der Waals surface area contributed by atoms with Crippen LogP contribution in [-0.2, 0) is 17.6 Å². The molecule has 0 saturated heterocycles. The molecule has 0 radical (unpaired) electrons. The van der Waals surface area contributed by atoms with Crippen molar-refractivity contribution in [3.05, 3.63) is 53.6 Å². The fourth-order valence-corrected chi connectivity index (χ4v) is 3.02. The number of amides is 1. The van der Waals surface area contributed by atoms with E-state index in [0.717, 1.165) is 27.9 Å². The number of hydrogen-bond donors (Lipinski definition) is 1. The number of nitriles is 1. The lowest BCUT2D eigenvalue weighted by Crippen LogP contribution is -2.25. The highest BCUT2D eigenvalue weighted by Gasteiger charge is 2.25. The van der Waals surface area contributed by atoms with E-state index in [1.165, 1.54) is 0 Å². The number of carbonyl (C=O) groups excluding carboxylic acids is 1. The molecule has 0 fully saturated rings. The summed E-state index contributed by atoms with van der Waals surface area (Å²) in [6, 6.07) is 15.8. The Morgan fingerprint density at radius 2 is 1.91 bits per heavy atom. The third-order valence-corrected chi connectivity index (χ3v) is 4.24. The second kappa shape index (κ2) is 6.23. The Morgan fingerprint density at radius 1 is 1.22 bits per heavy atom. The molecule has 23 heavy (non-hydrogen) atoms. The van der Waals surface area contributed by atoms with Crippen LogP contribution in [0.1, 0.15) is 18.1 Å². The summed E-state index contributed by atoms with van der Waals surface area (Å²) in [6.45, 7) is 2.69. The van der Waals surface area contributed by atoms with Crippen LogP contribution in [0.2, 0.25) is 0 Å². The molecule has 1 aliphatic heterocycles. The van der Waals surface area contributed by atoms with Gasteiger partial charge in [0.05, 0.1) is 18.5 Å². The van der Waals surface area contributed by atoms with Gasteiger partial charge in [0.15, 0.2) is 0 Å². The topological polar surface area (TPSA) is 70.1 Å². The van der Waals surface area contributed by atoms with Crippen LogP contribution in [0, 0.1) is 11.3 Å². The SMILES string of the molecule is CCN1C(=O)Cc2ccc(-c3ccc(C[C@H](N)C#N)cc3)cc21. The molecule has 2 aromatic carbocycles. The van der Waals surface area contributed by atoms with Gasteiger partial charge in [-0.2, -0.15) is 5.26 Å². The zero-order chi connectivity index (χ0) is 16.4. The molecule has 1 aliphatic rings. The van der Waals surface area contributed by atoms with Gasteiger partial charge in [-0.15, -0.1) is 0 Å². The van der Waals surface area contributed by atoms with Crippen molar-refractivity contribution in [1.82, 2.24) is 0 Å². The van der Waals surface area contributed by atoms with E-state index in [9.17, 15) is 4.79 Å². The number of fused-ring (bicyclic) bond motifs is 1. The van der Waals surface area contributed by atoms with E-state index in [0.29, 0.717) is 19.4 Å². The molecule has 0 saturated carbocycles. The molecule has 1 atom stereocenters. The van der Waals surface area contributed by atoms with Crippen LogP contribution in [0.3, 0.4) is 0 Å². The Morgan fingerprint density at radius 3 is 2.57 bits per heavy atom. The van der Waals surface area contributed by atoms with Gasteiger partial charge in [-0.1, -0.05) is 36.4 Å². The molecule has 0 aliphatic carbocycles. The first-order valence-electron chi connectivity index (χ1n) is 7.80. The summed E-state index contributed by atoms with van der Waals surface area (Å²) in [6.07, 6.45) is 1.05. The third kappa shape index (κ3) is 2.96. The molecule has 1 amide bonds. The van der Waals surface area contributed by atoms with Crippen LogP contribution < -0.4 is 10.6 Å². The van der Waals surface area contributed by atoms with Gasteiger partial charge in [-0.05, 0) is 35.2 Å². The summed E-state index contributed by atoms with van der Waals surface area (Å²) in [4.78, 5) is 13.8. The van der Waals surface area contributed by atoms with E-state index < -0.39 is 6.04 Å². The lowest BCUT2D eigenvalue weighted by Gasteiger charge is -2.15. The molecular weight excluding hydrogens is 286 g/mol. The predicted octanol–water partition coefficient (Wildman–Crippen LogP) is 2.66. The predicted molar refractivity (Wildman–Crippen MR) is 90.9 cm³/mol. The molecule has 2 N–H and O–H groups in total. The number of nitrogens with two attached hydrogens (primary N) is 1. The average molecular weight is 305 g/mol. The fourth-order valence-electron chi connectivity index (χ4n) is 3.02. The third-order valence-electron chi connectivity index (χ3n) is 4.24. The Bertz CT molecular complexity index is 774. The summed E-state index contributed by atoms with van der Waals surface area (Å²) >= 11 is 0. The lowest BCUT2D eigenvalue weighted by molar-refractivity contribution is -0.117. The Kier molecular flexibility index (Phi) is 4.14. The Hall–Kier alpha value is -2.64. The minimum atomic E-state index is -0.468. The van der Waals surface area contributed by atoms with Crippen LogP contribution in [0.25, 0.3) is 11.1 Å². The van der Waals surface area contributed by atoms with Crippen LogP contribution >= 0.6 is 0 Å². The van der Waals surface area contributed by atoms with Crippen molar-refractivity contribution in [1.29, 1.82) is 5.26 Å². The maximum Gasteiger partial charge on any atom is 0.231 e. The summed E-state index contributed by atoms with van der Waals surface area (Å²) in [5.74, 6) is 0.167. The highest BCUT2D eigenvalue weighted by atomic mass is 16.2. The molecule has 2 aromatic rings. The molecule has 3 rings (SSSR count). The number of likely N-dealkylation sites (N-methyl/N-ethyl adjacent to an activating group) is 1. The molecule has 0 unspecified atom stereocenters. The second-order valence-corrected chi connectivity index (χ2v) is 5.79. The molecule has 4 heteroatoms. The first kappa shape index (κ1) is 15.3. The van der Waals surface area contributed by atoms with Gasteiger partial charge in [0.2, 0.25) is 5.91 Å². The summed E-state index contributed by atoms with van der Waals surface area (Å²) in [7, 11) is 0. The quantitative estimate of drug-likeness (QED) is 0.944. The highest BCUT2D eigenvalue weighted by molar-refractivity contribution is 6.02. The van der Waals surface area contributed by atoms with E-state index in [1.807, 2.05) is 48.2 Å². The first-order chi connectivity index (χ1) is 11.1. The zero-order valence-corrected chi connectivity index (χ0v) is 13.1. The summed E-state index contributed by atoms with van der Waals surface area (Å²) < 4.78 is 0. The van der Waals surface area contributed by atoms with Crippen molar-refractivity contribution >= 4 is 11.6 Å². The van der Waals surface area contributed by atoms with Gasteiger partial charge in [-0.3, -0.25) is 4.79 Å². The summed E-state index contributed by atoms with van der Waals surface area (Å²) in [5.41, 5.74) is 11.0. The van der Waals surface area contributed by atoms with Crippen molar-refractivity contribution in [3.63, 3.8) is 0 Å². The number of benzene rings is 2. The van der Waals surface area contributed by atoms with Gasteiger partial charge in [-0.25, -0.2) is 0 Å². The Balaban J connectivity index is 1.87. The number of hydrogen-bond acceptors (Lipinski definition) is 3. The van der Waals surface area contributed by atoms with E-state index in [-0.39, 0.29) is 5.91 Å². The minimum Gasteiger partial charge on any atom is -0.316 e. The maximum atomic E-state index is 12.0. The Labute approximate surface area is 136 Å². The largest absolute Gasteiger partial charge is 0.316 e. The fraction of sp³-hybridized carbons (Fsp3) is 0.263. The highest BCUT2D eigenvalue weighted by Crippen LogP contribution is 2.33. The monoisotopic (exact) mass is 305 g/mol. The van der Waals surface area contributed by atoms with Gasteiger partial charge in [0, 0.05) is 18.7 Å². The standard InChI is InChI=1S/C19H19N3O/c1-2-22-18-10-15(7-8-16(18)11-19(22)23)14-5-3-13(4-6-14)9-17(21)12-20/h3-8,10,17H,2,9,11,21H2,1H3/t17-/m0/s1. The van der Waals surface area contributed by atoms with Crippen molar-refractivity contribution < 1.29 is 4.79 Å². The zero-order valence-electron chi connectivity index (χ0n) is 13.1. The first-order valence-corrected chi connectivity index (χ1v) is 7.80. The van der Waals surface area contributed by atoms with Crippen LogP contribution in [0.5, 0.6) is 0 Å². The number of carbonyl (C=O) groups is 1. The molecule has 4 nitrogen and oxygen atoms in total. The number of nitrogens with zero attached hydrogens (tertiary/aromatic N) is 2. The molecule has 1 heterocycles. The average Bonchev–Trinajstić information content (AvgIpc) is 2.89. The molecule has 0 bridgehead atoms. The number of rotatable bonds is 4. The molecule has 116 valence electrons. The second-order valence-electron chi connectivity index (χ2n) is 5.79. The van der Waals surface area contributed by atoms with Gasteiger partial charge >= 0.3 is 0 Å². The van der Waals surface area contributed by atoms with E-state index in [4.69, 9.17) is 11.0 Å². The maximum absolute atomic E-state index is 12.0. The van der Waals surface area contributed by atoms with Crippen molar-refractivity contribution in [3.8, 4) is 17.2 Å². The van der Waals surface area contributed by atoms with Gasteiger partial charge in [0.1, 0.15) is 0 Å². The smallest absolute Gasteiger partial charge is 0.231 e.